The summed E-state index contributed by atoms with van der Waals surface area (Å²) in [4.78, 5) is 0. The SMILES string of the molecule is CC1CC(C)CC2(C1)NCC1(CCC1)CO2. The quantitative estimate of drug-likeness (QED) is 0.682. The smallest absolute Gasteiger partial charge is 0.119 e. The van der Waals surface area contributed by atoms with E-state index in [4.69, 9.17) is 4.74 Å². The molecule has 92 valence electrons. The standard InChI is InChI=1S/C14H25NO/c1-11-6-12(2)8-14(7-11)15-9-13(10-16-14)4-3-5-13/h11-12,15H,3-10H2,1-2H3. The number of hydrogen-bond acceptors (Lipinski definition) is 2. The molecule has 2 unspecified atom stereocenters. The van der Waals surface area contributed by atoms with E-state index in [1.807, 2.05) is 0 Å². The Balaban J connectivity index is 1.66. The van der Waals surface area contributed by atoms with E-state index < -0.39 is 0 Å². The molecule has 3 fully saturated rings. The molecule has 2 nitrogen and oxygen atoms in total. The first-order valence-corrected chi connectivity index (χ1v) is 7.01. The number of ether oxygens (including phenoxy) is 1. The summed E-state index contributed by atoms with van der Waals surface area (Å²) < 4.78 is 6.29. The zero-order valence-corrected chi connectivity index (χ0v) is 10.7. The van der Waals surface area contributed by atoms with Crippen LogP contribution in [-0.4, -0.2) is 18.9 Å². The normalized spacial score (nSPS) is 46.9. The summed E-state index contributed by atoms with van der Waals surface area (Å²) >= 11 is 0. The molecule has 0 aromatic rings. The molecule has 1 saturated heterocycles. The van der Waals surface area contributed by atoms with Crippen molar-refractivity contribution in [3.8, 4) is 0 Å². The highest BCUT2D eigenvalue weighted by molar-refractivity contribution is 4.98. The Bertz CT molecular complexity index is 250. The zero-order valence-electron chi connectivity index (χ0n) is 10.7. The van der Waals surface area contributed by atoms with Gasteiger partial charge in [0, 0.05) is 12.0 Å². The molecular formula is C14H25NO. The Kier molecular flexibility index (Phi) is 2.56. The van der Waals surface area contributed by atoms with Crippen LogP contribution >= 0.6 is 0 Å². The highest BCUT2D eigenvalue weighted by atomic mass is 16.5. The largest absolute Gasteiger partial charge is 0.360 e. The molecule has 0 radical (unpaired) electrons. The summed E-state index contributed by atoms with van der Waals surface area (Å²) in [6.45, 7) is 6.96. The van der Waals surface area contributed by atoms with Crippen LogP contribution in [0.15, 0.2) is 0 Å². The summed E-state index contributed by atoms with van der Waals surface area (Å²) in [6.07, 6.45) is 7.96. The molecule has 1 heterocycles. The molecule has 2 heteroatoms. The lowest BCUT2D eigenvalue weighted by Gasteiger charge is -2.54. The van der Waals surface area contributed by atoms with Crippen molar-refractivity contribution < 1.29 is 4.74 Å². The number of rotatable bonds is 0. The van der Waals surface area contributed by atoms with Gasteiger partial charge in [-0.05, 0) is 43.9 Å². The van der Waals surface area contributed by atoms with Crippen LogP contribution < -0.4 is 5.32 Å². The van der Waals surface area contributed by atoms with Crippen molar-refractivity contribution in [3.63, 3.8) is 0 Å². The van der Waals surface area contributed by atoms with Crippen LogP contribution in [0.2, 0.25) is 0 Å². The molecule has 16 heavy (non-hydrogen) atoms. The zero-order chi connectivity index (χ0) is 11.2. The summed E-state index contributed by atoms with van der Waals surface area (Å²) in [5, 5.41) is 3.77. The fraction of sp³-hybridized carbons (Fsp3) is 1.00. The number of hydrogen-bond donors (Lipinski definition) is 1. The van der Waals surface area contributed by atoms with E-state index in [0.717, 1.165) is 18.4 Å². The van der Waals surface area contributed by atoms with Crippen LogP contribution in [0, 0.1) is 17.3 Å². The summed E-state index contributed by atoms with van der Waals surface area (Å²) in [5.41, 5.74) is 0.563. The first-order valence-electron chi connectivity index (χ1n) is 7.01. The molecule has 1 aliphatic heterocycles. The third-order valence-electron chi connectivity index (χ3n) is 5.02. The van der Waals surface area contributed by atoms with Crippen molar-refractivity contribution in [1.29, 1.82) is 0 Å². The maximum absolute atomic E-state index is 6.29. The highest BCUT2D eigenvalue weighted by Gasteiger charge is 2.48. The first kappa shape index (κ1) is 11.0. The van der Waals surface area contributed by atoms with Gasteiger partial charge in [-0.25, -0.2) is 0 Å². The second kappa shape index (κ2) is 3.71. The van der Waals surface area contributed by atoms with Crippen molar-refractivity contribution in [3.05, 3.63) is 0 Å². The third-order valence-corrected chi connectivity index (χ3v) is 5.02. The maximum atomic E-state index is 6.29. The Morgan fingerprint density at radius 1 is 1.12 bits per heavy atom. The average molecular weight is 223 g/mol. The molecule has 1 N–H and O–H groups in total. The van der Waals surface area contributed by atoms with Crippen molar-refractivity contribution in [2.75, 3.05) is 13.2 Å². The van der Waals surface area contributed by atoms with Crippen LogP contribution in [0.5, 0.6) is 0 Å². The second-order valence-electron chi connectivity index (χ2n) is 6.84. The lowest BCUT2D eigenvalue weighted by molar-refractivity contribution is -0.190. The van der Waals surface area contributed by atoms with Gasteiger partial charge in [0.2, 0.25) is 0 Å². The Morgan fingerprint density at radius 2 is 1.81 bits per heavy atom. The summed E-state index contributed by atoms with van der Waals surface area (Å²) in [7, 11) is 0. The topological polar surface area (TPSA) is 21.3 Å². The van der Waals surface area contributed by atoms with Crippen LogP contribution in [-0.2, 0) is 4.74 Å². The van der Waals surface area contributed by atoms with Gasteiger partial charge in [0.15, 0.2) is 0 Å². The average Bonchev–Trinajstić information content (AvgIpc) is 2.14. The molecule has 0 amide bonds. The van der Waals surface area contributed by atoms with E-state index in [2.05, 4.69) is 19.2 Å². The van der Waals surface area contributed by atoms with E-state index in [1.165, 1.54) is 45.1 Å². The van der Waals surface area contributed by atoms with Gasteiger partial charge in [-0.15, -0.1) is 0 Å². The Morgan fingerprint density at radius 3 is 2.25 bits per heavy atom. The van der Waals surface area contributed by atoms with Crippen LogP contribution in [0.1, 0.15) is 52.4 Å². The fourth-order valence-corrected chi connectivity index (χ4v) is 4.06. The van der Waals surface area contributed by atoms with E-state index in [9.17, 15) is 0 Å². The van der Waals surface area contributed by atoms with E-state index >= 15 is 0 Å². The minimum Gasteiger partial charge on any atom is -0.360 e. The third kappa shape index (κ3) is 1.80. The maximum Gasteiger partial charge on any atom is 0.119 e. The molecule has 0 aromatic heterocycles. The molecular weight excluding hydrogens is 198 g/mol. The lowest BCUT2D eigenvalue weighted by Crippen LogP contribution is -2.62. The van der Waals surface area contributed by atoms with Crippen LogP contribution in [0.3, 0.4) is 0 Å². The van der Waals surface area contributed by atoms with Gasteiger partial charge < -0.3 is 4.74 Å². The first-order chi connectivity index (χ1) is 7.62. The van der Waals surface area contributed by atoms with Crippen molar-refractivity contribution in [1.82, 2.24) is 5.32 Å². The molecule has 2 aliphatic carbocycles. The molecule has 2 saturated carbocycles. The lowest BCUT2D eigenvalue weighted by atomic mass is 9.67. The molecule has 0 bridgehead atoms. The van der Waals surface area contributed by atoms with Gasteiger partial charge in [-0.3, -0.25) is 5.32 Å². The van der Waals surface area contributed by atoms with Gasteiger partial charge in [0.05, 0.1) is 6.61 Å². The van der Waals surface area contributed by atoms with E-state index in [0.29, 0.717) is 5.41 Å². The van der Waals surface area contributed by atoms with Crippen molar-refractivity contribution in [2.45, 2.75) is 58.1 Å². The van der Waals surface area contributed by atoms with Gasteiger partial charge >= 0.3 is 0 Å². The van der Waals surface area contributed by atoms with Gasteiger partial charge in [-0.1, -0.05) is 20.3 Å². The van der Waals surface area contributed by atoms with Crippen LogP contribution in [0.4, 0.5) is 0 Å². The second-order valence-corrected chi connectivity index (χ2v) is 6.84. The fourth-order valence-electron chi connectivity index (χ4n) is 4.06. The molecule has 3 aliphatic rings. The molecule has 2 spiro atoms. The molecule has 3 rings (SSSR count). The van der Waals surface area contributed by atoms with Gasteiger partial charge in [0.1, 0.15) is 5.72 Å². The summed E-state index contributed by atoms with van der Waals surface area (Å²) in [5.74, 6) is 1.62. The van der Waals surface area contributed by atoms with Gasteiger partial charge in [0.25, 0.3) is 0 Å². The molecule has 2 atom stereocenters. The van der Waals surface area contributed by atoms with Crippen molar-refractivity contribution >= 4 is 0 Å². The monoisotopic (exact) mass is 223 g/mol. The summed E-state index contributed by atoms with van der Waals surface area (Å²) in [6, 6.07) is 0. The van der Waals surface area contributed by atoms with E-state index in [-0.39, 0.29) is 5.72 Å². The van der Waals surface area contributed by atoms with Crippen LogP contribution in [0.25, 0.3) is 0 Å². The highest BCUT2D eigenvalue weighted by Crippen LogP contribution is 2.47. The minimum atomic E-state index is 0.0396. The Labute approximate surface area is 99.1 Å². The predicted molar refractivity (Wildman–Crippen MR) is 65.1 cm³/mol. The van der Waals surface area contributed by atoms with Crippen molar-refractivity contribution in [2.24, 2.45) is 17.3 Å². The minimum absolute atomic E-state index is 0.0396. The van der Waals surface area contributed by atoms with E-state index in [1.54, 1.807) is 0 Å². The van der Waals surface area contributed by atoms with Gasteiger partial charge in [-0.2, -0.15) is 0 Å². The molecule has 0 aromatic carbocycles. The Hall–Kier alpha value is -0.0800. The predicted octanol–water partition coefficient (Wildman–Crippen LogP) is 2.93. The number of nitrogens with one attached hydrogen (secondary N) is 1.